The number of halogens is 1. The molecule has 1 aromatic rings. The molecule has 0 aliphatic carbocycles. The third kappa shape index (κ3) is 5.51. The standard InChI is InChI=1S/C16H23BrN2O3S/c1-20-14-8-11(13(17)9-15(14)21-2)5-6-18-16(23)19-10-12-4-3-7-22-12/h8-9,12H,3-7,10H2,1-2H3,(H2,18,19,23)/t12-/m1/s1. The van der Waals surface area contributed by atoms with Crippen molar-refractivity contribution >= 4 is 33.3 Å². The van der Waals surface area contributed by atoms with Crippen LogP contribution in [0.4, 0.5) is 0 Å². The molecule has 7 heteroatoms. The SMILES string of the molecule is COc1cc(Br)c(CCNC(=S)NC[C@H]2CCCO2)cc1OC. The van der Waals surface area contributed by atoms with Crippen molar-refractivity contribution in [1.29, 1.82) is 0 Å². The van der Waals surface area contributed by atoms with Crippen LogP contribution < -0.4 is 20.1 Å². The normalized spacial score (nSPS) is 16.9. The van der Waals surface area contributed by atoms with Gasteiger partial charge in [-0.3, -0.25) is 0 Å². The first-order chi connectivity index (χ1) is 11.1. The Kier molecular flexibility index (Phi) is 7.39. The summed E-state index contributed by atoms with van der Waals surface area (Å²) >= 11 is 8.86. The molecule has 128 valence electrons. The van der Waals surface area contributed by atoms with E-state index < -0.39 is 0 Å². The Morgan fingerprint density at radius 3 is 2.70 bits per heavy atom. The summed E-state index contributed by atoms with van der Waals surface area (Å²) in [7, 11) is 3.27. The predicted molar refractivity (Wildman–Crippen MR) is 98.5 cm³/mol. The Morgan fingerprint density at radius 1 is 1.30 bits per heavy atom. The average molecular weight is 403 g/mol. The highest BCUT2D eigenvalue weighted by Crippen LogP contribution is 2.33. The molecular formula is C16H23BrN2O3S. The lowest BCUT2D eigenvalue weighted by Gasteiger charge is -2.15. The Balaban J connectivity index is 1.77. The summed E-state index contributed by atoms with van der Waals surface area (Å²) in [5.74, 6) is 1.44. The maximum absolute atomic E-state index is 5.56. The van der Waals surface area contributed by atoms with Crippen molar-refractivity contribution in [2.24, 2.45) is 0 Å². The molecule has 2 rings (SSSR count). The van der Waals surface area contributed by atoms with E-state index in [0.29, 0.717) is 10.9 Å². The zero-order valence-corrected chi connectivity index (χ0v) is 15.9. The van der Waals surface area contributed by atoms with Gasteiger partial charge in [0.25, 0.3) is 0 Å². The number of thiocarbonyl (C=S) groups is 1. The monoisotopic (exact) mass is 402 g/mol. The molecule has 0 aromatic heterocycles. The van der Waals surface area contributed by atoms with E-state index in [0.717, 1.165) is 54.7 Å². The van der Waals surface area contributed by atoms with Crippen molar-refractivity contribution in [2.45, 2.75) is 25.4 Å². The molecule has 1 atom stereocenters. The Morgan fingerprint density at radius 2 is 2.04 bits per heavy atom. The fraction of sp³-hybridized carbons (Fsp3) is 0.562. The van der Waals surface area contributed by atoms with Gasteiger partial charge in [-0.05, 0) is 49.2 Å². The van der Waals surface area contributed by atoms with Gasteiger partial charge < -0.3 is 24.8 Å². The summed E-state index contributed by atoms with van der Waals surface area (Å²) < 4.78 is 17.2. The molecule has 1 aliphatic heterocycles. The van der Waals surface area contributed by atoms with Crippen molar-refractivity contribution < 1.29 is 14.2 Å². The van der Waals surface area contributed by atoms with E-state index in [-0.39, 0.29) is 6.10 Å². The second-order valence-corrected chi connectivity index (χ2v) is 6.58. The number of hydrogen-bond acceptors (Lipinski definition) is 4. The average Bonchev–Trinajstić information content (AvgIpc) is 3.07. The molecule has 1 aromatic carbocycles. The van der Waals surface area contributed by atoms with Crippen molar-refractivity contribution in [3.8, 4) is 11.5 Å². The van der Waals surface area contributed by atoms with Crippen molar-refractivity contribution in [3.05, 3.63) is 22.2 Å². The van der Waals surface area contributed by atoms with Crippen LogP contribution in [0, 0.1) is 0 Å². The first kappa shape index (κ1) is 18.3. The molecule has 1 aliphatic rings. The van der Waals surface area contributed by atoms with Crippen LogP contribution in [-0.4, -0.2) is 45.1 Å². The summed E-state index contributed by atoms with van der Waals surface area (Å²) in [5, 5.41) is 7.09. The van der Waals surface area contributed by atoms with Gasteiger partial charge in [-0.25, -0.2) is 0 Å². The molecule has 0 radical (unpaired) electrons. The Hall–Kier alpha value is -1.05. The van der Waals surface area contributed by atoms with Crippen LogP contribution in [0.2, 0.25) is 0 Å². The van der Waals surface area contributed by atoms with Gasteiger partial charge in [-0.15, -0.1) is 0 Å². The number of ether oxygens (including phenoxy) is 3. The van der Waals surface area contributed by atoms with Gasteiger partial charge >= 0.3 is 0 Å². The third-order valence-electron chi connectivity index (χ3n) is 3.75. The van der Waals surface area contributed by atoms with Gasteiger partial charge in [-0.2, -0.15) is 0 Å². The molecule has 0 amide bonds. The lowest BCUT2D eigenvalue weighted by Crippen LogP contribution is -2.40. The maximum Gasteiger partial charge on any atom is 0.166 e. The van der Waals surface area contributed by atoms with Crippen LogP contribution in [0.15, 0.2) is 16.6 Å². The number of benzene rings is 1. The second kappa shape index (κ2) is 9.30. The molecule has 0 bridgehead atoms. The van der Waals surface area contributed by atoms with E-state index in [1.165, 1.54) is 0 Å². The van der Waals surface area contributed by atoms with Gasteiger partial charge in [0, 0.05) is 24.2 Å². The zero-order chi connectivity index (χ0) is 16.7. The smallest absolute Gasteiger partial charge is 0.166 e. The summed E-state index contributed by atoms with van der Waals surface area (Å²) in [4.78, 5) is 0. The van der Waals surface area contributed by atoms with Crippen molar-refractivity contribution in [2.75, 3.05) is 33.9 Å². The zero-order valence-electron chi connectivity index (χ0n) is 13.5. The molecule has 0 unspecified atom stereocenters. The number of rotatable bonds is 7. The van der Waals surface area contributed by atoms with Gasteiger partial charge in [0.05, 0.1) is 20.3 Å². The molecule has 1 saturated heterocycles. The fourth-order valence-corrected chi connectivity index (χ4v) is 3.18. The van der Waals surface area contributed by atoms with Gasteiger partial charge in [0.15, 0.2) is 16.6 Å². The molecule has 23 heavy (non-hydrogen) atoms. The van der Waals surface area contributed by atoms with Crippen LogP contribution in [-0.2, 0) is 11.2 Å². The minimum Gasteiger partial charge on any atom is -0.493 e. The van der Waals surface area contributed by atoms with E-state index in [4.69, 9.17) is 26.4 Å². The highest BCUT2D eigenvalue weighted by Gasteiger charge is 2.15. The van der Waals surface area contributed by atoms with Crippen molar-refractivity contribution in [1.82, 2.24) is 10.6 Å². The topological polar surface area (TPSA) is 51.8 Å². The lowest BCUT2D eigenvalue weighted by molar-refractivity contribution is 0.114. The highest BCUT2D eigenvalue weighted by atomic mass is 79.9. The molecule has 1 fully saturated rings. The molecule has 2 N–H and O–H groups in total. The molecule has 0 saturated carbocycles. The van der Waals surface area contributed by atoms with Crippen LogP contribution >= 0.6 is 28.1 Å². The Labute approximate surface area is 151 Å². The van der Waals surface area contributed by atoms with Crippen molar-refractivity contribution in [3.63, 3.8) is 0 Å². The maximum atomic E-state index is 5.56. The van der Waals surface area contributed by atoms with Crippen LogP contribution in [0.3, 0.4) is 0 Å². The lowest BCUT2D eigenvalue weighted by atomic mass is 10.1. The van der Waals surface area contributed by atoms with Crippen LogP contribution in [0.5, 0.6) is 11.5 Å². The predicted octanol–water partition coefficient (Wildman–Crippen LogP) is 2.65. The first-order valence-electron chi connectivity index (χ1n) is 7.67. The number of hydrogen-bond donors (Lipinski definition) is 2. The van der Waals surface area contributed by atoms with E-state index in [1.807, 2.05) is 12.1 Å². The number of nitrogens with one attached hydrogen (secondary N) is 2. The molecular weight excluding hydrogens is 380 g/mol. The van der Waals surface area contributed by atoms with Gasteiger partial charge in [0.2, 0.25) is 0 Å². The van der Waals surface area contributed by atoms with Gasteiger partial charge in [0.1, 0.15) is 0 Å². The second-order valence-electron chi connectivity index (χ2n) is 5.32. The number of methoxy groups -OCH3 is 2. The summed E-state index contributed by atoms with van der Waals surface area (Å²) in [5.41, 5.74) is 1.14. The largest absolute Gasteiger partial charge is 0.493 e. The van der Waals surface area contributed by atoms with Gasteiger partial charge in [-0.1, -0.05) is 15.9 Å². The van der Waals surface area contributed by atoms with E-state index >= 15 is 0 Å². The molecule has 1 heterocycles. The summed E-state index contributed by atoms with van der Waals surface area (Å²) in [6.45, 7) is 2.37. The first-order valence-corrected chi connectivity index (χ1v) is 8.88. The van der Waals surface area contributed by atoms with E-state index in [1.54, 1.807) is 14.2 Å². The molecule has 0 spiro atoms. The minimum atomic E-state index is 0.287. The fourth-order valence-electron chi connectivity index (χ4n) is 2.47. The molecule has 5 nitrogen and oxygen atoms in total. The highest BCUT2D eigenvalue weighted by molar-refractivity contribution is 9.10. The van der Waals surface area contributed by atoms with Crippen LogP contribution in [0.1, 0.15) is 18.4 Å². The van der Waals surface area contributed by atoms with E-state index in [9.17, 15) is 0 Å². The van der Waals surface area contributed by atoms with Crippen LogP contribution in [0.25, 0.3) is 0 Å². The Bertz CT molecular complexity index is 536. The van der Waals surface area contributed by atoms with E-state index in [2.05, 4.69) is 26.6 Å². The summed E-state index contributed by atoms with van der Waals surface area (Å²) in [6.07, 6.45) is 3.35. The third-order valence-corrected chi connectivity index (χ3v) is 4.77. The minimum absolute atomic E-state index is 0.287. The quantitative estimate of drug-likeness (QED) is 0.683. The summed E-state index contributed by atoms with van der Waals surface area (Å²) in [6, 6.07) is 3.90.